The van der Waals surface area contributed by atoms with Crippen molar-refractivity contribution < 1.29 is 14.3 Å². The zero-order valence-electron chi connectivity index (χ0n) is 13.4. The minimum absolute atomic E-state index is 0.534. The molecule has 4 nitrogen and oxygen atoms in total. The van der Waals surface area contributed by atoms with Gasteiger partial charge in [-0.15, -0.1) is 11.8 Å². The van der Waals surface area contributed by atoms with Crippen LogP contribution in [0.3, 0.4) is 0 Å². The van der Waals surface area contributed by atoms with E-state index < -0.39 is 0 Å². The highest BCUT2D eigenvalue weighted by Gasteiger charge is 2.07. The highest BCUT2D eigenvalue weighted by molar-refractivity contribution is 7.99. The van der Waals surface area contributed by atoms with Gasteiger partial charge in [0.25, 0.3) is 0 Å². The second kappa shape index (κ2) is 9.10. The van der Waals surface area contributed by atoms with E-state index in [1.807, 2.05) is 36.4 Å². The van der Waals surface area contributed by atoms with Crippen LogP contribution in [-0.2, 0) is 11.3 Å². The fourth-order valence-corrected chi connectivity index (χ4v) is 3.07. The second-order valence-corrected chi connectivity index (χ2v) is 6.13. The van der Waals surface area contributed by atoms with Gasteiger partial charge in [0.05, 0.1) is 14.2 Å². The lowest BCUT2D eigenvalue weighted by Crippen LogP contribution is -2.24. The summed E-state index contributed by atoms with van der Waals surface area (Å²) in [6.45, 7) is 1.22. The highest BCUT2D eigenvalue weighted by atomic mass is 32.2. The van der Waals surface area contributed by atoms with E-state index in [4.69, 9.17) is 9.47 Å². The average molecular weight is 331 g/mol. The van der Waals surface area contributed by atoms with Gasteiger partial charge in [0, 0.05) is 29.8 Å². The van der Waals surface area contributed by atoms with Gasteiger partial charge in [0.2, 0.25) is 6.41 Å². The van der Waals surface area contributed by atoms with Crippen LogP contribution in [0.15, 0.2) is 53.4 Å². The average Bonchev–Trinajstić information content (AvgIpc) is 2.61. The SMILES string of the molecule is COc1cc(CN(C=O)CCSc2ccccc2)cc(OC)c1. The molecule has 1 amide bonds. The third-order valence-electron chi connectivity index (χ3n) is 3.34. The number of amides is 1. The molecule has 0 spiro atoms. The highest BCUT2D eigenvalue weighted by Crippen LogP contribution is 2.23. The van der Waals surface area contributed by atoms with E-state index in [1.54, 1.807) is 30.9 Å². The molecule has 0 bridgehead atoms. The zero-order chi connectivity index (χ0) is 16.5. The van der Waals surface area contributed by atoms with Crippen molar-refractivity contribution in [3.63, 3.8) is 0 Å². The summed E-state index contributed by atoms with van der Waals surface area (Å²) in [7, 11) is 3.24. The predicted molar refractivity (Wildman–Crippen MR) is 93.2 cm³/mol. The Bertz CT molecular complexity index is 597. The van der Waals surface area contributed by atoms with Crippen molar-refractivity contribution in [1.82, 2.24) is 4.90 Å². The van der Waals surface area contributed by atoms with Crippen LogP contribution in [0.4, 0.5) is 0 Å². The lowest BCUT2D eigenvalue weighted by molar-refractivity contribution is -0.118. The zero-order valence-corrected chi connectivity index (χ0v) is 14.2. The number of benzene rings is 2. The van der Waals surface area contributed by atoms with Gasteiger partial charge in [0.1, 0.15) is 11.5 Å². The largest absolute Gasteiger partial charge is 0.497 e. The molecule has 0 aliphatic heterocycles. The maximum Gasteiger partial charge on any atom is 0.210 e. The van der Waals surface area contributed by atoms with Crippen molar-refractivity contribution in [3.05, 3.63) is 54.1 Å². The summed E-state index contributed by atoms with van der Waals surface area (Å²) in [5.74, 6) is 2.30. The van der Waals surface area contributed by atoms with Gasteiger partial charge in [-0.25, -0.2) is 0 Å². The molecule has 0 saturated carbocycles. The Balaban J connectivity index is 1.92. The van der Waals surface area contributed by atoms with Crippen molar-refractivity contribution >= 4 is 18.2 Å². The van der Waals surface area contributed by atoms with Gasteiger partial charge in [-0.2, -0.15) is 0 Å². The molecule has 2 aromatic rings. The van der Waals surface area contributed by atoms with Gasteiger partial charge in [-0.1, -0.05) is 18.2 Å². The third-order valence-corrected chi connectivity index (χ3v) is 4.33. The molecule has 0 unspecified atom stereocenters. The van der Waals surface area contributed by atoms with Crippen LogP contribution in [0, 0.1) is 0 Å². The first kappa shape index (κ1) is 17.2. The van der Waals surface area contributed by atoms with E-state index in [0.717, 1.165) is 29.2 Å². The van der Waals surface area contributed by atoms with E-state index in [0.29, 0.717) is 13.1 Å². The van der Waals surface area contributed by atoms with E-state index in [9.17, 15) is 4.79 Å². The fourth-order valence-electron chi connectivity index (χ4n) is 2.16. The quantitative estimate of drug-likeness (QED) is 0.521. The number of methoxy groups -OCH3 is 2. The molecule has 0 aliphatic carbocycles. The Morgan fingerprint density at radius 1 is 1.04 bits per heavy atom. The summed E-state index contributed by atoms with van der Waals surface area (Å²) in [5.41, 5.74) is 0.984. The molecule has 0 N–H and O–H groups in total. The summed E-state index contributed by atoms with van der Waals surface area (Å²) in [6.07, 6.45) is 0.886. The first-order chi connectivity index (χ1) is 11.2. The summed E-state index contributed by atoms with van der Waals surface area (Å²) < 4.78 is 10.5. The van der Waals surface area contributed by atoms with Crippen molar-refractivity contribution in [2.75, 3.05) is 26.5 Å². The van der Waals surface area contributed by atoms with Gasteiger partial charge < -0.3 is 14.4 Å². The monoisotopic (exact) mass is 331 g/mol. The molecule has 0 aliphatic rings. The van der Waals surface area contributed by atoms with Gasteiger partial charge >= 0.3 is 0 Å². The maximum atomic E-state index is 11.3. The third kappa shape index (κ3) is 5.53. The smallest absolute Gasteiger partial charge is 0.210 e. The van der Waals surface area contributed by atoms with Crippen LogP contribution in [0.5, 0.6) is 11.5 Å². The fraction of sp³-hybridized carbons (Fsp3) is 0.278. The molecule has 0 atom stereocenters. The number of ether oxygens (including phenoxy) is 2. The minimum atomic E-state index is 0.534. The van der Waals surface area contributed by atoms with E-state index in [2.05, 4.69) is 12.1 Å². The molecule has 0 fully saturated rings. The number of carbonyl (C=O) groups is 1. The first-order valence-electron chi connectivity index (χ1n) is 7.34. The Morgan fingerprint density at radius 3 is 2.26 bits per heavy atom. The number of thioether (sulfide) groups is 1. The molecule has 0 saturated heterocycles. The maximum absolute atomic E-state index is 11.3. The number of hydrogen-bond donors (Lipinski definition) is 0. The van der Waals surface area contributed by atoms with Crippen molar-refractivity contribution in [2.24, 2.45) is 0 Å². The molecule has 0 aromatic heterocycles. The van der Waals surface area contributed by atoms with E-state index >= 15 is 0 Å². The lowest BCUT2D eigenvalue weighted by atomic mass is 10.2. The molecular weight excluding hydrogens is 310 g/mol. The van der Waals surface area contributed by atoms with E-state index in [-0.39, 0.29) is 0 Å². The number of nitrogens with zero attached hydrogens (tertiary/aromatic N) is 1. The molecule has 2 aromatic carbocycles. The van der Waals surface area contributed by atoms with E-state index in [1.165, 1.54) is 4.90 Å². The number of hydrogen-bond acceptors (Lipinski definition) is 4. The molecular formula is C18H21NO3S. The molecule has 122 valence electrons. The van der Waals surface area contributed by atoms with Crippen molar-refractivity contribution in [3.8, 4) is 11.5 Å². The number of carbonyl (C=O) groups excluding carboxylic acids is 1. The topological polar surface area (TPSA) is 38.8 Å². The Morgan fingerprint density at radius 2 is 1.70 bits per heavy atom. The summed E-state index contributed by atoms with van der Waals surface area (Å²) in [5, 5.41) is 0. The Kier molecular flexibility index (Phi) is 6.81. The molecule has 0 radical (unpaired) electrons. The summed E-state index contributed by atoms with van der Waals surface area (Å²) >= 11 is 1.74. The molecule has 5 heteroatoms. The van der Waals surface area contributed by atoms with Gasteiger partial charge in [-0.05, 0) is 29.8 Å². The normalized spacial score (nSPS) is 10.2. The summed E-state index contributed by atoms with van der Waals surface area (Å²) in [4.78, 5) is 14.3. The molecule has 2 rings (SSSR count). The van der Waals surface area contributed by atoms with Crippen LogP contribution < -0.4 is 9.47 Å². The first-order valence-corrected chi connectivity index (χ1v) is 8.33. The van der Waals surface area contributed by atoms with Crippen LogP contribution in [-0.4, -0.2) is 37.8 Å². The summed E-state index contributed by atoms with van der Waals surface area (Å²) in [6, 6.07) is 15.8. The van der Waals surface area contributed by atoms with Gasteiger partial charge in [-0.3, -0.25) is 4.79 Å². The molecule has 23 heavy (non-hydrogen) atoms. The van der Waals surface area contributed by atoms with Crippen LogP contribution in [0.25, 0.3) is 0 Å². The van der Waals surface area contributed by atoms with Crippen molar-refractivity contribution in [1.29, 1.82) is 0 Å². The lowest BCUT2D eigenvalue weighted by Gasteiger charge is -2.18. The van der Waals surface area contributed by atoms with Gasteiger partial charge in [0.15, 0.2) is 0 Å². The standard InChI is InChI=1S/C18H21NO3S/c1-21-16-10-15(11-17(12-16)22-2)13-19(14-20)8-9-23-18-6-4-3-5-7-18/h3-7,10-12,14H,8-9,13H2,1-2H3. The second-order valence-electron chi connectivity index (χ2n) is 4.96. The van der Waals surface area contributed by atoms with Crippen LogP contribution in [0.1, 0.15) is 5.56 Å². The van der Waals surface area contributed by atoms with Crippen LogP contribution >= 0.6 is 11.8 Å². The predicted octanol–water partition coefficient (Wildman–Crippen LogP) is 3.45. The number of rotatable bonds is 9. The minimum Gasteiger partial charge on any atom is -0.497 e. The van der Waals surface area contributed by atoms with Crippen LogP contribution in [0.2, 0.25) is 0 Å². The van der Waals surface area contributed by atoms with Crippen molar-refractivity contribution in [2.45, 2.75) is 11.4 Å². The Hall–Kier alpha value is -2.14. The Labute approximate surface area is 141 Å². The molecule has 0 heterocycles.